The summed E-state index contributed by atoms with van der Waals surface area (Å²) >= 11 is 0. The highest BCUT2D eigenvalue weighted by Gasteiger charge is 2.26. The number of hydrogen-bond donors (Lipinski definition) is 0. The molecule has 0 bridgehead atoms. The maximum absolute atomic E-state index is 11.5. The maximum atomic E-state index is 11.5. The van der Waals surface area contributed by atoms with Crippen molar-refractivity contribution in [2.45, 2.75) is 122 Å². The van der Waals surface area contributed by atoms with Crippen molar-refractivity contribution in [2.75, 3.05) is 0 Å². The van der Waals surface area contributed by atoms with Gasteiger partial charge in [-0.2, -0.15) is 0 Å². The predicted octanol–water partition coefficient (Wildman–Crippen LogP) is 7.28. The summed E-state index contributed by atoms with van der Waals surface area (Å²) in [4.78, 5) is 22.5. The van der Waals surface area contributed by atoms with Crippen molar-refractivity contribution in [3.63, 3.8) is 0 Å². The molecule has 0 aliphatic carbocycles. The van der Waals surface area contributed by atoms with Gasteiger partial charge in [-0.1, -0.05) is 109 Å². The maximum Gasteiger partial charge on any atom is 0.320 e. The molecule has 27 heavy (non-hydrogen) atoms. The van der Waals surface area contributed by atoms with E-state index in [1.807, 2.05) is 6.08 Å². The highest BCUT2D eigenvalue weighted by Crippen LogP contribution is 2.18. The molecule has 0 amide bonds. The van der Waals surface area contributed by atoms with E-state index in [0.29, 0.717) is 12.8 Å². The first kappa shape index (κ1) is 23.9. The summed E-state index contributed by atoms with van der Waals surface area (Å²) in [5.74, 6) is -0.968. The Labute approximate surface area is 167 Å². The first-order valence-corrected chi connectivity index (χ1v) is 11.6. The summed E-state index contributed by atoms with van der Waals surface area (Å²) in [6.45, 7) is 2.28. The summed E-state index contributed by atoms with van der Waals surface area (Å²) in [5, 5.41) is 0. The molecule has 0 aromatic rings. The Hall–Kier alpha value is -1.12. The van der Waals surface area contributed by atoms with Gasteiger partial charge >= 0.3 is 11.9 Å². The zero-order chi connectivity index (χ0) is 19.6. The molecule has 1 fully saturated rings. The number of carbonyl (C=O) groups is 2. The third-order valence-corrected chi connectivity index (χ3v) is 5.52. The summed E-state index contributed by atoms with van der Waals surface area (Å²) in [6, 6.07) is 0. The van der Waals surface area contributed by atoms with E-state index in [2.05, 4.69) is 17.7 Å². The van der Waals surface area contributed by atoms with Crippen LogP contribution in [0.15, 0.2) is 12.2 Å². The van der Waals surface area contributed by atoms with Gasteiger partial charge in [-0.3, -0.25) is 9.59 Å². The normalized spacial score (nSPS) is 17.6. The standard InChI is InChI=1S/C24H42O3/c1-2-3-4-5-6-7-8-9-10-11-12-13-14-15-16-17-18-19-22-20-21-23(25)27-24(22)26/h18-19,22H,2-17,20-21H2,1H3. The lowest BCUT2D eigenvalue weighted by atomic mass is 9.99. The number of rotatable bonds is 17. The van der Waals surface area contributed by atoms with Crippen molar-refractivity contribution in [1.82, 2.24) is 0 Å². The third-order valence-electron chi connectivity index (χ3n) is 5.52. The van der Waals surface area contributed by atoms with Gasteiger partial charge < -0.3 is 4.74 Å². The number of carbonyl (C=O) groups excluding carboxylic acids is 2. The van der Waals surface area contributed by atoms with Crippen molar-refractivity contribution in [3.05, 3.63) is 12.2 Å². The van der Waals surface area contributed by atoms with Crippen LogP contribution in [0.25, 0.3) is 0 Å². The fraction of sp³-hybridized carbons (Fsp3) is 0.833. The van der Waals surface area contributed by atoms with E-state index in [1.165, 1.54) is 96.3 Å². The van der Waals surface area contributed by atoms with Crippen LogP contribution in [-0.4, -0.2) is 11.9 Å². The number of esters is 2. The minimum atomic E-state index is -0.382. The van der Waals surface area contributed by atoms with Gasteiger partial charge in [0.25, 0.3) is 0 Å². The van der Waals surface area contributed by atoms with Crippen LogP contribution in [0, 0.1) is 5.92 Å². The molecule has 1 unspecified atom stereocenters. The number of ether oxygens (including phenoxy) is 1. The van der Waals surface area contributed by atoms with Gasteiger partial charge in [0.15, 0.2) is 0 Å². The van der Waals surface area contributed by atoms with Crippen LogP contribution in [0.1, 0.15) is 122 Å². The molecule has 156 valence electrons. The van der Waals surface area contributed by atoms with Crippen LogP contribution in [0.2, 0.25) is 0 Å². The Bertz CT molecular complexity index is 414. The lowest BCUT2D eigenvalue weighted by Crippen LogP contribution is -2.26. The molecule has 1 atom stereocenters. The molecule has 1 saturated heterocycles. The van der Waals surface area contributed by atoms with Crippen molar-refractivity contribution in [3.8, 4) is 0 Å². The Morgan fingerprint density at radius 3 is 1.74 bits per heavy atom. The summed E-state index contributed by atoms with van der Waals surface area (Å²) in [6.07, 6.45) is 26.7. The highest BCUT2D eigenvalue weighted by molar-refractivity contribution is 5.90. The molecule has 3 nitrogen and oxygen atoms in total. The van der Waals surface area contributed by atoms with E-state index >= 15 is 0 Å². The molecule has 1 aliphatic heterocycles. The zero-order valence-corrected chi connectivity index (χ0v) is 17.7. The largest absolute Gasteiger partial charge is 0.393 e. The molecule has 0 radical (unpaired) electrons. The molecular weight excluding hydrogens is 336 g/mol. The topological polar surface area (TPSA) is 43.4 Å². The van der Waals surface area contributed by atoms with Crippen LogP contribution in [0.5, 0.6) is 0 Å². The highest BCUT2D eigenvalue weighted by atomic mass is 16.6. The SMILES string of the molecule is CCCCCCCCCCCCCCCCCC=CC1CCC(=O)OC1=O. The molecule has 0 aromatic heterocycles. The molecule has 1 heterocycles. The van der Waals surface area contributed by atoms with E-state index in [1.54, 1.807) is 0 Å². The fourth-order valence-electron chi connectivity index (χ4n) is 3.70. The van der Waals surface area contributed by atoms with Crippen molar-refractivity contribution < 1.29 is 14.3 Å². The van der Waals surface area contributed by atoms with Gasteiger partial charge in [0.05, 0.1) is 5.92 Å². The number of cyclic esters (lactones) is 2. The summed E-state index contributed by atoms with van der Waals surface area (Å²) in [7, 11) is 0. The molecule has 3 heteroatoms. The average molecular weight is 379 g/mol. The lowest BCUT2D eigenvalue weighted by Gasteiger charge is -2.15. The van der Waals surface area contributed by atoms with Gasteiger partial charge in [0, 0.05) is 6.42 Å². The Morgan fingerprint density at radius 1 is 0.778 bits per heavy atom. The van der Waals surface area contributed by atoms with Gasteiger partial charge in [-0.25, -0.2) is 0 Å². The van der Waals surface area contributed by atoms with Crippen molar-refractivity contribution in [2.24, 2.45) is 5.92 Å². The monoisotopic (exact) mass is 378 g/mol. The van der Waals surface area contributed by atoms with Gasteiger partial charge in [-0.15, -0.1) is 0 Å². The van der Waals surface area contributed by atoms with E-state index in [0.717, 1.165) is 6.42 Å². The molecular formula is C24H42O3. The van der Waals surface area contributed by atoms with Crippen LogP contribution in [0.4, 0.5) is 0 Å². The van der Waals surface area contributed by atoms with E-state index in [-0.39, 0.29) is 17.9 Å². The average Bonchev–Trinajstić information content (AvgIpc) is 2.65. The second-order valence-electron chi connectivity index (χ2n) is 8.10. The third kappa shape index (κ3) is 13.7. The Morgan fingerprint density at radius 2 is 1.26 bits per heavy atom. The summed E-state index contributed by atoms with van der Waals surface area (Å²) in [5.41, 5.74) is 0. The quantitative estimate of drug-likeness (QED) is 0.115. The second-order valence-corrected chi connectivity index (χ2v) is 8.10. The van der Waals surface area contributed by atoms with Crippen LogP contribution in [-0.2, 0) is 14.3 Å². The minimum Gasteiger partial charge on any atom is -0.393 e. The molecule has 1 rings (SSSR count). The van der Waals surface area contributed by atoms with E-state index in [4.69, 9.17) is 0 Å². The number of hydrogen-bond acceptors (Lipinski definition) is 3. The molecule has 0 saturated carbocycles. The first-order chi connectivity index (χ1) is 13.2. The Balaban J connectivity index is 1.78. The van der Waals surface area contributed by atoms with E-state index in [9.17, 15) is 9.59 Å². The van der Waals surface area contributed by atoms with Crippen LogP contribution in [0.3, 0.4) is 0 Å². The van der Waals surface area contributed by atoms with Crippen LogP contribution >= 0.6 is 0 Å². The van der Waals surface area contributed by atoms with Gasteiger partial charge in [0.1, 0.15) is 0 Å². The fourth-order valence-corrected chi connectivity index (χ4v) is 3.70. The zero-order valence-electron chi connectivity index (χ0n) is 17.7. The first-order valence-electron chi connectivity index (χ1n) is 11.6. The lowest BCUT2D eigenvalue weighted by molar-refractivity contribution is -0.165. The smallest absolute Gasteiger partial charge is 0.320 e. The summed E-state index contributed by atoms with van der Waals surface area (Å²) < 4.78 is 4.65. The van der Waals surface area contributed by atoms with Gasteiger partial charge in [-0.05, 0) is 19.3 Å². The molecule has 1 aliphatic rings. The van der Waals surface area contributed by atoms with Crippen LogP contribution < -0.4 is 0 Å². The second kappa shape index (κ2) is 17.0. The van der Waals surface area contributed by atoms with Gasteiger partial charge in [0.2, 0.25) is 0 Å². The molecule has 0 aromatic carbocycles. The van der Waals surface area contributed by atoms with Crippen molar-refractivity contribution >= 4 is 11.9 Å². The minimum absolute atomic E-state index is 0.209. The number of unbranched alkanes of at least 4 members (excludes halogenated alkanes) is 15. The molecule has 0 N–H and O–H groups in total. The molecule has 0 spiro atoms. The Kier molecular flexibility index (Phi) is 15.1. The number of allylic oxidation sites excluding steroid dienone is 1. The van der Waals surface area contributed by atoms with E-state index < -0.39 is 0 Å². The van der Waals surface area contributed by atoms with Crippen molar-refractivity contribution in [1.29, 1.82) is 0 Å². The predicted molar refractivity (Wildman–Crippen MR) is 113 cm³/mol.